The molecule has 6 N–H and O–H groups in total. The zero-order valence-corrected chi connectivity index (χ0v) is 11.5. The molecule has 3 nitrogen and oxygen atoms in total. The second-order valence-corrected chi connectivity index (χ2v) is 1.00. The van der Waals surface area contributed by atoms with E-state index in [1.807, 2.05) is 12.2 Å². The average molecular weight is 295 g/mol. The fourth-order valence-electron chi connectivity index (χ4n) is 0.340. The monoisotopic (exact) mass is 296 g/mol. The van der Waals surface area contributed by atoms with Gasteiger partial charge in [-0.15, -0.1) is 6.42 Å². The van der Waals surface area contributed by atoms with Crippen LogP contribution >= 0.6 is 0 Å². The Balaban J connectivity index is -0.00000000397. The Morgan fingerprint density at radius 2 is 1.14 bits per heavy atom. The van der Waals surface area contributed by atoms with Gasteiger partial charge in [0.15, 0.2) is 0 Å². The van der Waals surface area contributed by atoms with E-state index in [-0.39, 0.29) is 73.0 Å². The van der Waals surface area contributed by atoms with Crippen molar-refractivity contribution in [2.24, 2.45) is 0 Å². The van der Waals surface area contributed by atoms with Crippen LogP contribution in [0.15, 0.2) is 18.2 Å². The Labute approximate surface area is 104 Å². The molecule has 0 aromatic rings. The Morgan fingerprint density at radius 1 is 0.786 bits per heavy atom. The second-order valence-electron chi connectivity index (χ2n) is 1.00. The molecule has 0 unspecified atom stereocenters. The Hall–Kier alpha value is -0.0166. The van der Waals surface area contributed by atoms with Crippen LogP contribution in [0.3, 0.4) is 0 Å². The largest absolute Gasteiger partial charge is 6.00 e. The summed E-state index contributed by atoms with van der Waals surface area (Å²) in [5.41, 5.74) is 0. The molecule has 1 aliphatic carbocycles. The molecule has 0 aliphatic heterocycles. The van der Waals surface area contributed by atoms with Crippen LogP contribution in [0.2, 0.25) is 0 Å². The van der Waals surface area contributed by atoms with Gasteiger partial charge in [0.05, 0.1) is 0 Å². The van der Waals surface area contributed by atoms with Crippen LogP contribution in [-0.4, -0.2) is 16.4 Å². The quantitative estimate of drug-likeness (QED) is 0.472. The first-order chi connectivity index (χ1) is 2.50. The summed E-state index contributed by atoms with van der Waals surface area (Å²) in [6.45, 7) is 0. The molecule has 0 heterocycles. The van der Waals surface area contributed by atoms with E-state index in [0.717, 1.165) is 6.42 Å². The zero-order valence-electron chi connectivity index (χ0n) is 9.79. The van der Waals surface area contributed by atoms with Crippen LogP contribution in [0, 0.1) is 43.2 Å². The summed E-state index contributed by atoms with van der Waals surface area (Å²) in [7, 11) is 0. The third-order valence-electron chi connectivity index (χ3n) is 0.586. The van der Waals surface area contributed by atoms with Crippen molar-refractivity contribution < 1.29 is 35.9 Å². The number of rotatable bonds is 0. The topological polar surface area (TPSA) is 94.5 Å². The number of hydrogen-bond donors (Lipinski definition) is 0. The molecule has 0 saturated carbocycles. The molecular weight excluding hydrogens is 269 g/mol. The molecule has 0 aromatic heterocycles. The normalized spacial score (nSPS) is 6.29. The minimum Gasteiger partial charge on any atom is -0.412 e. The molecule has 0 spiro atoms. The van der Waals surface area contributed by atoms with Crippen molar-refractivity contribution >= 4 is 0 Å². The second kappa shape index (κ2) is 75.1. The Bertz CT molecular complexity index is 73.4. The van der Waals surface area contributed by atoms with Crippen LogP contribution in [0.25, 0.3) is 0 Å². The third kappa shape index (κ3) is 58.2. The number of hydrogen-bond acceptors (Lipinski definition) is 0. The summed E-state index contributed by atoms with van der Waals surface area (Å²) in [5, 5.41) is 0. The van der Waals surface area contributed by atoms with Crippen molar-refractivity contribution in [2.75, 3.05) is 0 Å². The zero-order chi connectivity index (χ0) is 3.54. The van der Waals surface area contributed by atoms with Crippen molar-refractivity contribution in [2.45, 2.75) is 6.42 Å². The van der Waals surface area contributed by atoms with Gasteiger partial charge in [-0.1, -0.05) is 0 Å². The maximum atomic E-state index is 2.99. The molecule has 0 bridgehead atoms. The van der Waals surface area contributed by atoms with E-state index >= 15 is 0 Å². The molecular formula is C10H26O3Ru. The minimum absolute atomic E-state index is 0. The van der Waals surface area contributed by atoms with Crippen LogP contribution in [-0.2, 0) is 19.5 Å². The molecule has 0 saturated heterocycles. The van der Waals surface area contributed by atoms with E-state index < -0.39 is 0 Å². The first-order valence-electron chi connectivity index (χ1n) is 1.72. The maximum absolute atomic E-state index is 2.99. The van der Waals surface area contributed by atoms with Crippen molar-refractivity contribution in [3.63, 3.8) is 0 Å². The first kappa shape index (κ1) is 94.9. The fraction of sp³-hybridized carbons (Fsp3) is 0.100. The van der Waals surface area contributed by atoms with Gasteiger partial charge in [0.25, 0.3) is 0 Å². The van der Waals surface area contributed by atoms with Crippen LogP contribution in [0.1, 0.15) is 6.42 Å². The predicted octanol–water partition coefficient (Wildman–Crippen LogP) is 1.08. The summed E-state index contributed by atoms with van der Waals surface area (Å²) in [4.78, 5) is 0. The standard InChI is InChI=1S/C5H5.5CH3.3H2O.Ru/c1-2-4-5-3-1;;;;;;;;;/h1-3H,4H2;5*1H3;3*1H2;/q6*-1;;;;+6. The summed E-state index contributed by atoms with van der Waals surface area (Å²) >= 11 is 0. The van der Waals surface area contributed by atoms with Gasteiger partial charge >= 0.3 is 19.5 Å². The van der Waals surface area contributed by atoms with Crippen molar-refractivity contribution in [3.05, 3.63) is 61.4 Å². The molecule has 0 radical (unpaired) electrons. The summed E-state index contributed by atoms with van der Waals surface area (Å²) in [6.07, 6.45) is 10.0. The van der Waals surface area contributed by atoms with E-state index in [9.17, 15) is 0 Å². The molecule has 0 atom stereocenters. The van der Waals surface area contributed by atoms with Crippen LogP contribution in [0.5, 0.6) is 0 Å². The van der Waals surface area contributed by atoms with E-state index in [1.165, 1.54) is 0 Å². The van der Waals surface area contributed by atoms with E-state index in [1.54, 1.807) is 0 Å². The molecule has 92 valence electrons. The SMILES string of the molecule is O.O.O.[C-]1=CC=CC1.[CH3-].[CH3-].[CH3-].[CH3-].[CH3-].[Ru+6]. The molecule has 0 fully saturated rings. The van der Waals surface area contributed by atoms with Gasteiger partial charge in [0.2, 0.25) is 0 Å². The van der Waals surface area contributed by atoms with E-state index in [0.29, 0.717) is 0 Å². The van der Waals surface area contributed by atoms with Gasteiger partial charge in [-0.3, -0.25) is 6.08 Å². The average Bonchev–Trinajstić information content (AvgIpc) is 1.76. The van der Waals surface area contributed by atoms with Gasteiger partial charge < -0.3 is 53.6 Å². The molecule has 1 rings (SSSR count). The van der Waals surface area contributed by atoms with Crippen LogP contribution < -0.4 is 0 Å². The maximum Gasteiger partial charge on any atom is 6.00 e. The van der Waals surface area contributed by atoms with E-state index in [4.69, 9.17) is 0 Å². The van der Waals surface area contributed by atoms with Gasteiger partial charge in [0.1, 0.15) is 0 Å². The Morgan fingerprint density at radius 3 is 1.21 bits per heavy atom. The van der Waals surface area contributed by atoms with E-state index in [2.05, 4.69) is 12.2 Å². The molecule has 0 aromatic carbocycles. The van der Waals surface area contributed by atoms with Crippen molar-refractivity contribution in [1.82, 2.24) is 0 Å². The van der Waals surface area contributed by atoms with Crippen molar-refractivity contribution in [1.29, 1.82) is 0 Å². The predicted molar refractivity (Wildman–Crippen MR) is 64.5 cm³/mol. The first-order valence-corrected chi connectivity index (χ1v) is 1.72. The molecule has 1 aliphatic rings. The summed E-state index contributed by atoms with van der Waals surface area (Å²) in [5.74, 6) is 0. The molecule has 14 heavy (non-hydrogen) atoms. The number of allylic oxidation sites excluding steroid dienone is 4. The smallest absolute Gasteiger partial charge is 0.412 e. The van der Waals surface area contributed by atoms with Crippen molar-refractivity contribution in [3.8, 4) is 0 Å². The van der Waals surface area contributed by atoms with Gasteiger partial charge in [-0.25, -0.2) is 12.2 Å². The van der Waals surface area contributed by atoms with Gasteiger partial charge in [-0.05, 0) is 0 Å². The third-order valence-corrected chi connectivity index (χ3v) is 0.586. The summed E-state index contributed by atoms with van der Waals surface area (Å²) < 4.78 is 0. The van der Waals surface area contributed by atoms with Gasteiger partial charge in [0, 0.05) is 0 Å². The minimum atomic E-state index is 0. The van der Waals surface area contributed by atoms with Gasteiger partial charge in [-0.2, -0.15) is 6.08 Å². The van der Waals surface area contributed by atoms with Crippen LogP contribution in [0.4, 0.5) is 0 Å². The Kier molecular flexibility index (Phi) is 509. The summed E-state index contributed by atoms with van der Waals surface area (Å²) in [6, 6.07) is 0. The molecule has 4 heteroatoms. The fourth-order valence-corrected chi connectivity index (χ4v) is 0.340. The molecule has 0 amide bonds.